The van der Waals surface area contributed by atoms with Gasteiger partial charge in [0, 0.05) is 52.5 Å². The first-order chi connectivity index (χ1) is 25.6. The van der Waals surface area contributed by atoms with Crippen LogP contribution >= 0.6 is 0 Å². The minimum atomic E-state index is 0.0518. The maximum Gasteiger partial charge on any atom is 0.164 e. The van der Waals surface area contributed by atoms with E-state index >= 15 is 0 Å². The lowest BCUT2D eigenvalue weighted by Crippen LogP contribution is -2.25. The van der Waals surface area contributed by atoms with E-state index in [1.807, 2.05) is 12.4 Å². The third-order valence-electron chi connectivity index (χ3n) is 10.1. The molecular weight excluding hydrogens is 661 g/mol. The molecule has 272 valence electrons. The topological polar surface area (TPSA) is 76.5 Å². The summed E-state index contributed by atoms with van der Waals surface area (Å²) < 4.78 is 0. The van der Waals surface area contributed by atoms with E-state index in [9.17, 15) is 0 Å². The molecule has 54 heavy (non-hydrogen) atoms. The van der Waals surface area contributed by atoms with E-state index in [-0.39, 0.29) is 16.2 Å². The number of nitrogens with one attached hydrogen (secondary N) is 1. The van der Waals surface area contributed by atoms with Gasteiger partial charge in [0.05, 0.1) is 11.4 Å². The number of allylic oxidation sites excluding steroid dienone is 2. The molecule has 1 N–H and O–H groups in total. The van der Waals surface area contributed by atoms with Crippen molar-refractivity contribution in [1.82, 2.24) is 30.2 Å². The molecule has 0 saturated carbocycles. The Morgan fingerprint density at radius 2 is 0.778 bits per heavy atom. The number of benzene rings is 3. The van der Waals surface area contributed by atoms with Crippen LogP contribution in [0.2, 0.25) is 0 Å². The van der Waals surface area contributed by atoms with Gasteiger partial charge < -0.3 is 5.32 Å². The van der Waals surface area contributed by atoms with Crippen LogP contribution in [0, 0.1) is 5.41 Å². The van der Waals surface area contributed by atoms with Gasteiger partial charge in [0.15, 0.2) is 17.5 Å². The highest BCUT2D eigenvalue weighted by molar-refractivity contribution is 5.73. The Morgan fingerprint density at radius 1 is 0.407 bits per heavy atom. The van der Waals surface area contributed by atoms with Crippen LogP contribution in [0.5, 0.6) is 0 Å². The number of pyridine rings is 2. The van der Waals surface area contributed by atoms with Crippen molar-refractivity contribution in [3.05, 3.63) is 144 Å². The summed E-state index contributed by atoms with van der Waals surface area (Å²) in [6.45, 7) is 20.8. The third kappa shape index (κ3) is 8.08. The summed E-state index contributed by atoms with van der Waals surface area (Å²) in [5.74, 6) is 1.84. The Bertz CT molecular complexity index is 2190. The van der Waals surface area contributed by atoms with Crippen LogP contribution in [0.15, 0.2) is 127 Å². The van der Waals surface area contributed by atoms with Crippen molar-refractivity contribution >= 4 is 5.70 Å². The zero-order chi connectivity index (χ0) is 38.3. The van der Waals surface area contributed by atoms with Crippen molar-refractivity contribution < 1.29 is 0 Å². The van der Waals surface area contributed by atoms with E-state index in [2.05, 4.69) is 177 Å². The molecule has 0 amide bonds. The van der Waals surface area contributed by atoms with Crippen molar-refractivity contribution in [3.8, 4) is 56.7 Å². The Hall–Kier alpha value is -5.75. The molecule has 6 aromatic rings. The third-order valence-corrected chi connectivity index (χ3v) is 10.1. The van der Waals surface area contributed by atoms with Gasteiger partial charge in [0.25, 0.3) is 0 Å². The molecule has 7 rings (SSSR count). The van der Waals surface area contributed by atoms with Gasteiger partial charge in [-0.15, -0.1) is 0 Å². The standard InChI is InChI=1S/C48H50N6/c1-46(2,3)37-22-25-40(49-28-37)31-10-16-34(17-11-31)43-52-44(35-18-12-32(13-19-35)41-26-23-38(29-50-41)47(4,5)6)54-45(53-43)36-20-14-33(15-21-36)42-27-24-39(30-51-42)48(7,8)9/h10-29,51H,30H2,1-9H3. The van der Waals surface area contributed by atoms with Gasteiger partial charge in [-0.05, 0) is 56.7 Å². The summed E-state index contributed by atoms with van der Waals surface area (Å²) in [5.41, 5.74) is 13.0. The smallest absolute Gasteiger partial charge is 0.164 e. The highest BCUT2D eigenvalue weighted by atomic mass is 15.0. The Labute approximate surface area is 320 Å². The lowest BCUT2D eigenvalue weighted by molar-refractivity contribution is 0.487. The fourth-order valence-electron chi connectivity index (χ4n) is 6.36. The molecule has 0 radical (unpaired) electrons. The average Bonchev–Trinajstić information content (AvgIpc) is 3.17. The van der Waals surface area contributed by atoms with E-state index in [0.717, 1.165) is 57.0 Å². The fourth-order valence-corrected chi connectivity index (χ4v) is 6.36. The van der Waals surface area contributed by atoms with Crippen molar-refractivity contribution in [2.24, 2.45) is 5.41 Å². The Morgan fingerprint density at radius 3 is 1.07 bits per heavy atom. The van der Waals surface area contributed by atoms with Gasteiger partial charge in [-0.1, -0.05) is 153 Å². The maximum absolute atomic E-state index is 5.03. The first-order valence-corrected chi connectivity index (χ1v) is 18.8. The van der Waals surface area contributed by atoms with Crippen LogP contribution in [0.4, 0.5) is 0 Å². The summed E-state index contributed by atoms with van der Waals surface area (Å²) >= 11 is 0. The minimum absolute atomic E-state index is 0.0518. The molecule has 4 heterocycles. The van der Waals surface area contributed by atoms with Crippen LogP contribution in [0.1, 0.15) is 79.0 Å². The number of aromatic nitrogens is 5. The van der Waals surface area contributed by atoms with Crippen LogP contribution in [0.25, 0.3) is 62.4 Å². The van der Waals surface area contributed by atoms with E-state index in [0.29, 0.717) is 17.5 Å². The van der Waals surface area contributed by atoms with E-state index < -0.39 is 0 Å². The number of hydrogen-bond donors (Lipinski definition) is 1. The normalized spacial score (nSPS) is 13.6. The SMILES string of the molecule is CC(C)(C)C1=CC=C(c2ccc(-c3nc(-c4ccc(-c5ccc(C(C)(C)C)cn5)cc4)nc(-c4ccc(-c5ccc(C(C)(C)C)cn5)cc4)n3)cc2)NC1. The zero-order valence-corrected chi connectivity index (χ0v) is 33.0. The van der Waals surface area contributed by atoms with E-state index in [1.54, 1.807) is 0 Å². The van der Waals surface area contributed by atoms with Crippen LogP contribution in [-0.2, 0) is 10.8 Å². The second kappa shape index (κ2) is 14.2. The number of hydrogen-bond acceptors (Lipinski definition) is 6. The molecule has 0 aliphatic carbocycles. The number of rotatable bonds is 6. The van der Waals surface area contributed by atoms with Crippen molar-refractivity contribution in [3.63, 3.8) is 0 Å². The molecular formula is C48H50N6. The molecule has 0 spiro atoms. The minimum Gasteiger partial charge on any atom is -0.381 e. The predicted molar refractivity (Wildman–Crippen MR) is 224 cm³/mol. The highest BCUT2D eigenvalue weighted by Gasteiger charge is 2.20. The predicted octanol–water partition coefficient (Wildman–Crippen LogP) is 11.5. The molecule has 1 aliphatic rings. The van der Waals surface area contributed by atoms with Gasteiger partial charge in [-0.3, -0.25) is 9.97 Å². The van der Waals surface area contributed by atoms with E-state index in [1.165, 1.54) is 16.7 Å². The van der Waals surface area contributed by atoms with Crippen molar-refractivity contribution in [2.45, 2.75) is 73.1 Å². The summed E-state index contributed by atoms with van der Waals surface area (Å²) in [7, 11) is 0. The largest absolute Gasteiger partial charge is 0.381 e. The second-order valence-electron chi connectivity index (χ2n) is 17.3. The molecule has 0 saturated heterocycles. The first-order valence-electron chi connectivity index (χ1n) is 18.8. The first kappa shape index (κ1) is 36.6. The van der Waals surface area contributed by atoms with Crippen LogP contribution in [-0.4, -0.2) is 31.5 Å². The van der Waals surface area contributed by atoms with Crippen molar-refractivity contribution in [2.75, 3.05) is 6.54 Å². The number of dihydropyridines is 1. The molecule has 6 heteroatoms. The summed E-state index contributed by atoms with van der Waals surface area (Å²) in [5, 5.41) is 3.61. The molecule has 6 nitrogen and oxygen atoms in total. The van der Waals surface area contributed by atoms with Crippen LogP contribution < -0.4 is 5.32 Å². The van der Waals surface area contributed by atoms with E-state index in [4.69, 9.17) is 24.9 Å². The van der Waals surface area contributed by atoms with Gasteiger partial charge in [-0.2, -0.15) is 0 Å². The monoisotopic (exact) mass is 710 g/mol. The van der Waals surface area contributed by atoms with Gasteiger partial charge in [0.2, 0.25) is 0 Å². The molecule has 3 aromatic heterocycles. The average molecular weight is 711 g/mol. The summed E-state index contributed by atoms with van der Waals surface area (Å²) in [4.78, 5) is 24.6. The maximum atomic E-state index is 5.03. The Balaban J connectivity index is 1.22. The van der Waals surface area contributed by atoms with Crippen molar-refractivity contribution in [1.29, 1.82) is 0 Å². The molecule has 0 bridgehead atoms. The molecule has 0 atom stereocenters. The summed E-state index contributed by atoms with van der Waals surface area (Å²) in [6.07, 6.45) is 8.37. The fraction of sp³-hybridized carbons (Fsp3) is 0.271. The molecule has 1 aliphatic heterocycles. The highest BCUT2D eigenvalue weighted by Crippen LogP contribution is 2.32. The molecule has 0 unspecified atom stereocenters. The summed E-state index contributed by atoms with van der Waals surface area (Å²) in [6, 6.07) is 33.6. The number of nitrogens with zero attached hydrogens (tertiary/aromatic N) is 5. The van der Waals surface area contributed by atoms with Gasteiger partial charge in [-0.25, -0.2) is 15.0 Å². The Kier molecular flexibility index (Phi) is 9.65. The van der Waals surface area contributed by atoms with Crippen LogP contribution in [0.3, 0.4) is 0 Å². The zero-order valence-electron chi connectivity index (χ0n) is 33.0. The van der Waals surface area contributed by atoms with Gasteiger partial charge in [0.1, 0.15) is 0 Å². The lowest BCUT2D eigenvalue weighted by atomic mass is 9.85. The molecule has 3 aromatic carbocycles. The quantitative estimate of drug-likeness (QED) is 0.185. The molecule has 0 fully saturated rings. The lowest BCUT2D eigenvalue weighted by Gasteiger charge is -2.27. The second-order valence-corrected chi connectivity index (χ2v) is 17.3. The van der Waals surface area contributed by atoms with Gasteiger partial charge >= 0.3 is 0 Å².